The summed E-state index contributed by atoms with van der Waals surface area (Å²) in [6.07, 6.45) is 16.3. The van der Waals surface area contributed by atoms with E-state index in [1.807, 2.05) is 52.3 Å². The summed E-state index contributed by atoms with van der Waals surface area (Å²) in [5.41, 5.74) is 9.69. The van der Waals surface area contributed by atoms with Crippen molar-refractivity contribution < 1.29 is 19.1 Å². The van der Waals surface area contributed by atoms with Crippen LogP contribution in [0.2, 0.25) is 10.0 Å². The Morgan fingerprint density at radius 1 is 0.662 bits per heavy atom. The molecule has 5 aliphatic rings. The molecule has 0 radical (unpaired) electrons. The zero-order valence-corrected chi connectivity index (χ0v) is 51.4. The number of likely N-dealkylation sites (tertiary alicyclic amines) is 3. The van der Waals surface area contributed by atoms with Gasteiger partial charge in [-0.3, -0.25) is 19.6 Å². The summed E-state index contributed by atoms with van der Waals surface area (Å²) in [5.74, 6) is 2.54. The molecular weight excluding hydrogens is 1240 g/mol. The van der Waals surface area contributed by atoms with E-state index in [1.54, 1.807) is 4.90 Å². The zero-order valence-electron chi connectivity index (χ0n) is 43.6. The van der Waals surface area contributed by atoms with Crippen molar-refractivity contribution in [3.8, 4) is 0 Å². The van der Waals surface area contributed by atoms with Gasteiger partial charge >= 0.3 is 6.09 Å². The van der Waals surface area contributed by atoms with Crippen LogP contribution in [-0.2, 0) is 40.0 Å². The highest BCUT2D eigenvalue weighted by molar-refractivity contribution is 9.11. The number of fused-ring (bicyclic) bond motifs is 4. The Hall–Kier alpha value is -2.59. The molecule has 400 valence electrons. The standard InChI is InChI=1S/C31H38Br2ClN3O3.C27H34Br2ClN3O/c1-31(2,3)40-30(39)37-10-6-19(7-11-37)14-26(38)36-12-8-20(9-13-36)28-27-21(16-24(34)17-25(27)33)4-5-22-15-23(32)18-35-29(22)28;1-3-17(6-9-31-2)12-24(34)33-10-7-18(8-11-33)26-25-19(14-22(30)15-23(25)29)4-5-20-13-21(28)16-32-27(20)26/h15-20,28H,4-14H2,1-3H3;13-18,26,31H,3-12H2,1-2H3. The maximum atomic E-state index is 13.3. The van der Waals surface area contributed by atoms with Gasteiger partial charge in [-0.1, -0.05) is 68.4 Å². The van der Waals surface area contributed by atoms with Crippen LogP contribution in [0.15, 0.2) is 66.7 Å². The van der Waals surface area contributed by atoms with Crippen molar-refractivity contribution in [1.29, 1.82) is 0 Å². The Kier molecular flexibility index (Phi) is 20.2. The van der Waals surface area contributed by atoms with E-state index < -0.39 is 5.60 Å². The first-order chi connectivity index (χ1) is 35.4. The Bertz CT molecular complexity index is 2640. The summed E-state index contributed by atoms with van der Waals surface area (Å²) in [7, 11) is 1.98. The first-order valence-electron chi connectivity index (χ1n) is 26.8. The van der Waals surface area contributed by atoms with Crippen molar-refractivity contribution in [3.63, 3.8) is 0 Å². The molecule has 0 bridgehead atoms. The molecule has 3 saturated heterocycles. The number of benzene rings is 2. The largest absolute Gasteiger partial charge is 0.444 e. The van der Waals surface area contributed by atoms with Gasteiger partial charge in [-0.25, -0.2) is 4.79 Å². The lowest BCUT2D eigenvalue weighted by atomic mass is 9.76. The molecule has 2 aromatic carbocycles. The molecule has 3 aliphatic heterocycles. The van der Waals surface area contributed by atoms with Crippen molar-refractivity contribution in [2.24, 2.45) is 23.7 Å². The Morgan fingerprint density at radius 3 is 1.55 bits per heavy atom. The number of carbonyl (C=O) groups excluding carboxylic acids is 3. The van der Waals surface area contributed by atoms with Gasteiger partial charge in [0.1, 0.15) is 5.60 Å². The number of halogens is 6. The van der Waals surface area contributed by atoms with E-state index in [1.165, 1.54) is 39.1 Å². The summed E-state index contributed by atoms with van der Waals surface area (Å²) in [6.45, 7) is 13.3. The van der Waals surface area contributed by atoms with Gasteiger partial charge in [0, 0.05) is 104 Å². The van der Waals surface area contributed by atoms with Crippen LogP contribution in [0.25, 0.3) is 0 Å². The van der Waals surface area contributed by atoms with Crippen LogP contribution in [0, 0.1) is 23.7 Å². The molecule has 2 aromatic heterocycles. The Balaban J connectivity index is 0.000000200. The highest BCUT2D eigenvalue weighted by Crippen LogP contribution is 2.48. The first kappa shape index (κ1) is 57.6. The number of nitrogens with zero attached hydrogens (tertiary/aromatic N) is 5. The maximum absolute atomic E-state index is 13.3. The number of aryl methyl sites for hydroxylation is 4. The predicted octanol–water partition coefficient (Wildman–Crippen LogP) is 14.5. The quantitative estimate of drug-likeness (QED) is 0.168. The number of pyridine rings is 2. The zero-order chi connectivity index (χ0) is 52.8. The van der Waals surface area contributed by atoms with E-state index in [0.29, 0.717) is 55.5 Å². The van der Waals surface area contributed by atoms with Gasteiger partial charge in [-0.2, -0.15) is 0 Å². The lowest BCUT2D eigenvalue weighted by molar-refractivity contribution is -0.134. The third-order valence-electron chi connectivity index (χ3n) is 16.1. The van der Waals surface area contributed by atoms with E-state index in [0.717, 1.165) is 143 Å². The number of piperidine rings is 3. The molecule has 0 saturated carbocycles. The minimum Gasteiger partial charge on any atom is -0.444 e. The molecule has 10 nitrogen and oxygen atoms in total. The summed E-state index contributed by atoms with van der Waals surface area (Å²) in [4.78, 5) is 54.6. The molecule has 9 rings (SSSR count). The van der Waals surface area contributed by atoms with Crippen LogP contribution in [0.4, 0.5) is 4.79 Å². The van der Waals surface area contributed by atoms with Gasteiger partial charge in [0.25, 0.3) is 0 Å². The number of ether oxygens (including phenoxy) is 1. The molecular formula is C58H72Br4Cl2N6O4. The third-order valence-corrected chi connectivity index (χ3v) is 18.8. The number of carbonyl (C=O) groups is 3. The summed E-state index contributed by atoms with van der Waals surface area (Å²) >= 11 is 27.8. The van der Waals surface area contributed by atoms with Crippen molar-refractivity contribution in [2.75, 3.05) is 52.9 Å². The average molecular weight is 1310 g/mol. The molecule has 2 aliphatic carbocycles. The molecule has 3 fully saturated rings. The second-order valence-electron chi connectivity index (χ2n) is 22.2. The number of nitrogens with one attached hydrogen (secondary N) is 1. The van der Waals surface area contributed by atoms with E-state index in [2.05, 4.69) is 110 Å². The number of amides is 3. The van der Waals surface area contributed by atoms with Crippen LogP contribution in [0.3, 0.4) is 0 Å². The van der Waals surface area contributed by atoms with Crippen molar-refractivity contribution in [2.45, 2.75) is 135 Å². The predicted molar refractivity (Wildman–Crippen MR) is 311 cm³/mol. The molecule has 3 amide bonds. The minimum atomic E-state index is -0.493. The fourth-order valence-corrected chi connectivity index (χ4v) is 15.2. The number of hydrogen-bond acceptors (Lipinski definition) is 7. The molecule has 3 atom stereocenters. The number of aromatic nitrogens is 2. The van der Waals surface area contributed by atoms with Crippen molar-refractivity contribution in [1.82, 2.24) is 30.0 Å². The van der Waals surface area contributed by atoms with Crippen LogP contribution >= 0.6 is 86.9 Å². The summed E-state index contributed by atoms with van der Waals surface area (Å²) in [5, 5.41) is 4.74. The van der Waals surface area contributed by atoms with E-state index in [9.17, 15) is 14.4 Å². The maximum Gasteiger partial charge on any atom is 0.410 e. The lowest BCUT2D eigenvalue weighted by Crippen LogP contribution is -2.44. The summed E-state index contributed by atoms with van der Waals surface area (Å²) in [6, 6.07) is 12.7. The highest BCUT2D eigenvalue weighted by atomic mass is 79.9. The highest BCUT2D eigenvalue weighted by Gasteiger charge is 2.39. The van der Waals surface area contributed by atoms with E-state index in [-0.39, 0.29) is 23.8 Å². The molecule has 74 heavy (non-hydrogen) atoms. The molecule has 1 N–H and O–H groups in total. The van der Waals surface area contributed by atoms with Crippen molar-refractivity contribution in [3.05, 3.63) is 121 Å². The minimum absolute atomic E-state index is 0.168. The average Bonchev–Trinajstić information content (AvgIpc) is 3.63. The lowest BCUT2D eigenvalue weighted by Gasteiger charge is -2.38. The van der Waals surface area contributed by atoms with E-state index >= 15 is 0 Å². The fourth-order valence-electron chi connectivity index (χ4n) is 12.2. The smallest absolute Gasteiger partial charge is 0.410 e. The van der Waals surface area contributed by atoms with Crippen LogP contribution in [-0.4, -0.2) is 101 Å². The van der Waals surface area contributed by atoms with Crippen LogP contribution < -0.4 is 5.32 Å². The SMILES string of the molecule is CC(C)(C)OC(=O)N1CCC(CC(=O)N2CCC(C3c4ncc(Br)cc4CCc4cc(Cl)cc(Br)c43)CC2)CC1.CCC(CCNC)CC(=O)N1CCC(C2c3ncc(Br)cc3CCc3cc(Cl)cc(Br)c32)CC1. The topological polar surface area (TPSA) is 108 Å². The van der Waals surface area contributed by atoms with Gasteiger partial charge in [0.2, 0.25) is 11.8 Å². The molecule has 16 heteroatoms. The number of hydrogen-bond donors (Lipinski definition) is 1. The molecule has 0 spiro atoms. The van der Waals surface area contributed by atoms with Gasteiger partial charge in [0.05, 0.1) is 11.4 Å². The first-order valence-corrected chi connectivity index (χ1v) is 30.7. The van der Waals surface area contributed by atoms with E-state index in [4.69, 9.17) is 37.9 Å². The third kappa shape index (κ3) is 14.4. The Morgan fingerprint density at radius 2 is 1.11 bits per heavy atom. The fraction of sp³-hybridized carbons (Fsp3) is 0.569. The van der Waals surface area contributed by atoms with Gasteiger partial charge in [0.15, 0.2) is 0 Å². The molecule has 4 aromatic rings. The van der Waals surface area contributed by atoms with Crippen molar-refractivity contribution >= 4 is 105 Å². The van der Waals surface area contributed by atoms with Gasteiger partial charge in [-0.15, -0.1) is 0 Å². The van der Waals surface area contributed by atoms with Gasteiger partial charge in [-0.05, 0) is 230 Å². The second kappa shape index (κ2) is 25.9. The normalized spacial score (nSPS) is 20.0. The Labute approximate surface area is 483 Å². The second-order valence-corrected chi connectivity index (χ2v) is 26.6. The van der Waals surface area contributed by atoms with Crippen LogP contribution in [0.5, 0.6) is 0 Å². The molecule has 5 heterocycles. The summed E-state index contributed by atoms with van der Waals surface area (Å²) < 4.78 is 9.67. The monoisotopic (exact) mass is 1300 g/mol. The van der Waals surface area contributed by atoms with Gasteiger partial charge < -0.3 is 24.8 Å². The number of rotatable bonds is 10. The molecule has 3 unspecified atom stereocenters. The van der Waals surface area contributed by atoms with Crippen LogP contribution in [0.1, 0.15) is 149 Å².